The molecule has 1 aliphatic heterocycles. The average molecular weight is 428 g/mol. The minimum Gasteiger partial charge on any atom is -0.379 e. The topological polar surface area (TPSA) is 45.7 Å². The molecule has 7 heteroatoms. The highest BCUT2D eigenvalue weighted by atomic mass is 32.1. The largest absolute Gasteiger partial charge is 0.379 e. The molecule has 0 atom stereocenters. The van der Waals surface area contributed by atoms with Gasteiger partial charge in [-0.2, -0.15) is 0 Å². The number of benzene rings is 1. The Morgan fingerprint density at radius 1 is 1.24 bits per heavy atom. The van der Waals surface area contributed by atoms with Crippen molar-refractivity contribution in [2.45, 2.75) is 13.8 Å². The molecule has 2 aromatic heterocycles. The number of nitrogens with zero attached hydrogens (tertiary/aromatic N) is 3. The summed E-state index contributed by atoms with van der Waals surface area (Å²) >= 11 is 3.23. The van der Waals surface area contributed by atoms with Crippen molar-refractivity contribution in [2.24, 2.45) is 0 Å². The Morgan fingerprint density at radius 2 is 2.03 bits per heavy atom. The predicted molar refractivity (Wildman–Crippen MR) is 122 cm³/mol. The number of thiophene rings is 1. The monoisotopic (exact) mass is 427 g/mol. The first kappa shape index (κ1) is 20.2. The number of hydrogen-bond acceptors (Lipinski definition) is 6. The van der Waals surface area contributed by atoms with Crippen LogP contribution in [-0.4, -0.2) is 55.2 Å². The van der Waals surface area contributed by atoms with Crippen LogP contribution in [0.2, 0.25) is 0 Å². The van der Waals surface area contributed by atoms with Crippen molar-refractivity contribution in [1.29, 1.82) is 0 Å². The molecule has 0 bridgehead atoms. The second-order valence-corrected chi connectivity index (χ2v) is 9.12. The molecule has 1 amide bonds. The number of carbonyl (C=O) groups excluding carboxylic acids is 1. The van der Waals surface area contributed by atoms with Crippen LogP contribution in [0.5, 0.6) is 0 Å². The fourth-order valence-electron chi connectivity index (χ4n) is 3.36. The van der Waals surface area contributed by atoms with Crippen molar-refractivity contribution >= 4 is 50.0 Å². The number of thiazole rings is 1. The summed E-state index contributed by atoms with van der Waals surface area (Å²) in [5.74, 6) is -0.0268. The zero-order chi connectivity index (χ0) is 20.2. The highest BCUT2D eigenvalue weighted by Gasteiger charge is 2.21. The minimum atomic E-state index is -0.0268. The van der Waals surface area contributed by atoms with Gasteiger partial charge in [-0.1, -0.05) is 29.5 Å². The van der Waals surface area contributed by atoms with Gasteiger partial charge in [0.05, 0.1) is 23.4 Å². The molecule has 5 nitrogen and oxygen atoms in total. The lowest BCUT2D eigenvalue weighted by molar-refractivity contribution is -0.114. The molecule has 0 saturated carbocycles. The summed E-state index contributed by atoms with van der Waals surface area (Å²) in [7, 11) is 0. The summed E-state index contributed by atoms with van der Waals surface area (Å²) in [6, 6.07) is 8.22. The summed E-state index contributed by atoms with van der Waals surface area (Å²) in [6.45, 7) is 8.93. The van der Waals surface area contributed by atoms with E-state index in [1.54, 1.807) is 28.7 Å². The van der Waals surface area contributed by atoms with Gasteiger partial charge in [-0.05, 0) is 42.5 Å². The minimum absolute atomic E-state index is 0.0268. The Hall–Kier alpha value is -2.06. The lowest BCUT2D eigenvalue weighted by Crippen LogP contribution is -2.42. The average Bonchev–Trinajstić information content (AvgIpc) is 3.41. The third-order valence-corrected chi connectivity index (χ3v) is 7.16. The van der Waals surface area contributed by atoms with Gasteiger partial charge >= 0.3 is 0 Å². The number of aryl methyl sites for hydroxylation is 2. The number of anilines is 1. The van der Waals surface area contributed by atoms with Crippen molar-refractivity contribution < 1.29 is 9.53 Å². The highest BCUT2D eigenvalue weighted by molar-refractivity contribution is 7.22. The maximum Gasteiger partial charge on any atom is 0.252 e. The maximum atomic E-state index is 13.1. The molecule has 3 heterocycles. The molecule has 1 fully saturated rings. The van der Waals surface area contributed by atoms with Crippen molar-refractivity contribution in [1.82, 2.24) is 9.88 Å². The van der Waals surface area contributed by atoms with E-state index in [9.17, 15) is 4.79 Å². The third-order valence-electron chi connectivity index (χ3n) is 5.10. The number of carbonyl (C=O) groups is 1. The molecule has 0 unspecified atom stereocenters. The molecule has 0 radical (unpaired) electrons. The number of morpholine rings is 1. The molecule has 4 rings (SSSR count). The van der Waals surface area contributed by atoms with Crippen LogP contribution in [0.15, 0.2) is 35.7 Å². The number of hydrogen-bond donors (Lipinski definition) is 0. The van der Waals surface area contributed by atoms with Crippen LogP contribution >= 0.6 is 22.7 Å². The smallest absolute Gasteiger partial charge is 0.252 e. The quantitative estimate of drug-likeness (QED) is 0.549. The molecule has 0 aliphatic carbocycles. The molecular formula is C22H25N3O2S2. The fraction of sp³-hybridized carbons (Fsp3) is 0.364. The van der Waals surface area contributed by atoms with Gasteiger partial charge < -0.3 is 4.74 Å². The van der Waals surface area contributed by atoms with Crippen LogP contribution in [0, 0.1) is 13.8 Å². The standard InChI is InChI=1S/C22H25N3O2S2/c1-16-5-6-17(2)21-20(16)23-22(29-21)25(10-9-24-11-13-27-14-12-24)19(26)8-7-18-4-3-15-28-18/h3-8,15H,9-14H2,1-2H3/b8-7+. The lowest BCUT2D eigenvalue weighted by Gasteiger charge is -2.28. The maximum absolute atomic E-state index is 13.1. The van der Waals surface area contributed by atoms with Crippen LogP contribution in [-0.2, 0) is 9.53 Å². The van der Waals surface area contributed by atoms with Crippen molar-refractivity contribution in [3.63, 3.8) is 0 Å². The molecular weight excluding hydrogens is 402 g/mol. The van der Waals surface area contributed by atoms with Gasteiger partial charge in [0.2, 0.25) is 0 Å². The highest BCUT2D eigenvalue weighted by Crippen LogP contribution is 2.33. The molecule has 152 valence electrons. The molecule has 3 aromatic rings. The van der Waals surface area contributed by atoms with Crippen molar-refractivity contribution in [2.75, 3.05) is 44.3 Å². The van der Waals surface area contributed by atoms with E-state index in [0.717, 1.165) is 58.6 Å². The van der Waals surface area contributed by atoms with Crippen LogP contribution in [0.1, 0.15) is 16.0 Å². The molecule has 1 aromatic carbocycles. The summed E-state index contributed by atoms with van der Waals surface area (Å²) in [5.41, 5.74) is 3.34. The van der Waals surface area contributed by atoms with Crippen LogP contribution in [0.3, 0.4) is 0 Å². The Bertz CT molecular complexity index is 966. The first-order valence-corrected chi connectivity index (χ1v) is 11.5. The summed E-state index contributed by atoms with van der Waals surface area (Å²) < 4.78 is 6.60. The SMILES string of the molecule is Cc1ccc(C)c2sc(N(CCN3CCOCC3)C(=O)/C=C/c3cccs3)nc12. The van der Waals surface area contributed by atoms with E-state index >= 15 is 0 Å². The van der Waals surface area contributed by atoms with Gasteiger partial charge in [-0.15, -0.1) is 11.3 Å². The number of amides is 1. The molecule has 1 saturated heterocycles. The molecule has 0 spiro atoms. The first-order valence-electron chi connectivity index (χ1n) is 9.82. The van der Waals surface area contributed by atoms with E-state index in [2.05, 4.69) is 30.9 Å². The van der Waals surface area contributed by atoms with Gasteiger partial charge in [0.25, 0.3) is 5.91 Å². The predicted octanol–water partition coefficient (Wildman–Crippen LogP) is 4.35. The molecule has 0 N–H and O–H groups in total. The normalized spacial score (nSPS) is 15.4. The lowest BCUT2D eigenvalue weighted by atomic mass is 10.1. The van der Waals surface area contributed by atoms with Gasteiger partial charge in [0.1, 0.15) is 0 Å². The van der Waals surface area contributed by atoms with Crippen LogP contribution in [0.25, 0.3) is 16.3 Å². The molecule has 1 aliphatic rings. The van der Waals surface area contributed by atoms with Crippen LogP contribution < -0.4 is 4.90 Å². The van der Waals surface area contributed by atoms with E-state index in [4.69, 9.17) is 9.72 Å². The summed E-state index contributed by atoms with van der Waals surface area (Å²) in [5, 5.41) is 2.78. The summed E-state index contributed by atoms with van der Waals surface area (Å²) in [6.07, 6.45) is 3.55. The Balaban J connectivity index is 1.60. The Labute approximate surface area is 179 Å². The fourth-order valence-corrected chi connectivity index (χ4v) is 5.12. The molecule has 29 heavy (non-hydrogen) atoms. The third kappa shape index (κ3) is 4.75. The van der Waals surface area contributed by atoms with Crippen molar-refractivity contribution in [3.05, 3.63) is 51.7 Å². The first-order chi connectivity index (χ1) is 14.1. The number of aromatic nitrogens is 1. The Kier molecular flexibility index (Phi) is 6.40. The Morgan fingerprint density at radius 3 is 2.76 bits per heavy atom. The zero-order valence-electron chi connectivity index (χ0n) is 16.8. The van der Waals surface area contributed by atoms with E-state index in [0.29, 0.717) is 6.54 Å². The second-order valence-electron chi connectivity index (χ2n) is 7.17. The van der Waals surface area contributed by atoms with Crippen molar-refractivity contribution in [3.8, 4) is 0 Å². The summed E-state index contributed by atoms with van der Waals surface area (Å²) in [4.78, 5) is 23.2. The van der Waals surface area contributed by atoms with E-state index in [1.807, 2.05) is 28.5 Å². The van der Waals surface area contributed by atoms with E-state index in [-0.39, 0.29) is 5.91 Å². The van der Waals surface area contributed by atoms with E-state index < -0.39 is 0 Å². The second kappa shape index (κ2) is 9.17. The van der Waals surface area contributed by atoms with Gasteiger partial charge in [0.15, 0.2) is 5.13 Å². The number of ether oxygens (including phenoxy) is 1. The van der Waals surface area contributed by atoms with Crippen LogP contribution in [0.4, 0.5) is 5.13 Å². The van der Waals surface area contributed by atoms with Gasteiger partial charge in [-0.25, -0.2) is 4.98 Å². The van der Waals surface area contributed by atoms with Gasteiger partial charge in [0, 0.05) is 37.1 Å². The zero-order valence-corrected chi connectivity index (χ0v) is 18.4. The number of fused-ring (bicyclic) bond motifs is 1. The van der Waals surface area contributed by atoms with Gasteiger partial charge in [-0.3, -0.25) is 14.6 Å². The van der Waals surface area contributed by atoms with E-state index in [1.165, 1.54) is 5.56 Å². The number of rotatable bonds is 6.